The Labute approximate surface area is 265 Å². The number of rotatable bonds is 5. The van der Waals surface area contributed by atoms with Gasteiger partial charge in [-0.1, -0.05) is 103 Å². The highest BCUT2D eigenvalue weighted by Crippen LogP contribution is 2.52. The van der Waals surface area contributed by atoms with E-state index in [1.807, 2.05) is 0 Å². The van der Waals surface area contributed by atoms with Gasteiger partial charge in [-0.25, -0.2) is 0 Å². The molecule has 216 valence electrons. The molecule has 3 heteroatoms. The van der Waals surface area contributed by atoms with Crippen LogP contribution >= 0.6 is 10.9 Å². The van der Waals surface area contributed by atoms with E-state index in [0.29, 0.717) is 0 Å². The molecule has 0 radical (unpaired) electrons. The van der Waals surface area contributed by atoms with Crippen molar-refractivity contribution in [2.45, 2.75) is 27.5 Å². The predicted octanol–water partition coefficient (Wildman–Crippen LogP) is 11.6. The molecule has 9 rings (SSSR count). The predicted molar refractivity (Wildman–Crippen MR) is 193 cm³/mol. The number of aromatic nitrogens is 2. The first kappa shape index (κ1) is 26.2. The van der Waals surface area contributed by atoms with Gasteiger partial charge in [0.25, 0.3) is 0 Å². The summed E-state index contributed by atoms with van der Waals surface area (Å²) >= 11 is 0. The molecular weight excluding hydrogens is 565 g/mol. The van der Waals surface area contributed by atoms with E-state index < -0.39 is 10.9 Å². The topological polar surface area (TPSA) is 9.86 Å². The number of para-hydroxylation sites is 2. The van der Waals surface area contributed by atoms with Crippen molar-refractivity contribution >= 4 is 60.2 Å². The van der Waals surface area contributed by atoms with Crippen LogP contribution in [0.25, 0.3) is 55.0 Å². The normalized spacial score (nSPS) is 13.6. The van der Waals surface area contributed by atoms with Gasteiger partial charge in [0, 0.05) is 32.9 Å². The molecule has 0 unspecified atom stereocenters. The van der Waals surface area contributed by atoms with Crippen molar-refractivity contribution in [3.63, 3.8) is 0 Å². The minimum atomic E-state index is -0.729. The van der Waals surface area contributed by atoms with Crippen molar-refractivity contribution in [3.8, 4) is 5.69 Å². The molecule has 0 atom stereocenters. The molecule has 8 aromatic rings. The maximum absolute atomic E-state index is 2.52. The van der Waals surface area contributed by atoms with Crippen molar-refractivity contribution in [1.29, 1.82) is 0 Å². The van der Waals surface area contributed by atoms with Gasteiger partial charge in [0.05, 0.1) is 22.1 Å². The van der Waals surface area contributed by atoms with Crippen LogP contribution in [0, 0.1) is 0 Å². The van der Waals surface area contributed by atoms with Crippen molar-refractivity contribution < 1.29 is 0 Å². The quantitative estimate of drug-likeness (QED) is 0.189. The zero-order chi connectivity index (χ0) is 29.7. The van der Waals surface area contributed by atoms with Crippen LogP contribution in [-0.4, -0.2) is 9.13 Å². The van der Waals surface area contributed by atoms with Crippen molar-refractivity contribution in [1.82, 2.24) is 9.13 Å². The average Bonchev–Trinajstić information content (AvgIpc) is 3.63. The Morgan fingerprint density at radius 1 is 0.444 bits per heavy atom. The summed E-state index contributed by atoms with van der Waals surface area (Å²) in [6.07, 6.45) is 9.16. The molecule has 45 heavy (non-hydrogen) atoms. The first-order valence-electron chi connectivity index (χ1n) is 15.7. The SMILES string of the molecule is C1=CC(n2c3ccccc3c3ccc4c5ccccc5n(-c5cccc([SH](c6ccccc6)c6ccccc6)c5)c4c32)=CCC1. The fourth-order valence-electron chi connectivity index (χ4n) is 7.18. The van der Waals surface area contributed by atoms with Crippen molar-refractivity contribution in [2.75, 3.05) is 0 Å². The molecular formula is C42H32N2S. The highest BCUT2D eigenvalue weighted by molar-refractivity contribution is 8.17. The Bertz CT molecular complexity index is 2390. The molecule has 2 nitrogen and oxygen atoms in total. The van der Waals surface area contributed by atoms with Gasteiger partial charge in [0.1, 0.15) is 0 Å². The number of nitrogens with zero attached hydrogens (tertiary/aromatic N) is 2. The van der Waals surface area contributed by atoms with Gasteiger partial charge in [0.15, 0.2) is 0 Å². The van der Waals surface area contributed by atoms with Crippen LogP contribution in [0.15, 0.2) is 179 Å². The fraction of sp³-hybridized carbons (Fsp3) is 0.0476. The minimum absolute atomic E-state index is 0.729. The average molecular weight is 597 g/mol. The Kier molecular flexibility index (Phi) is 6.24. The monoisotopic (exact) mass is 596 g/mol. The van der Waals surface area contributed by atoms with E-state index in [1.165, 1.54) is 69.7 Å². The largest absolute Gasteiger partial charge is 0.308 e. The summed E-state index contributed by atoms with van der Waals surface area (Å²) in [7, 11) is -0.729. The van der Waals surface area contributed by atoms with Crippen LogP contribution in [0.3, 0.4) is 0 Å². The van der Waals surface area contributed by atoms with Gasteiger partial charge in [-0.15, -0.1) is 0 Å². The van der Waals surface area contributed by atoms with Gasteiger partial charge in [-0.2, -0.15) is 10.9 Å². The number of hydrogen-bond acceptors (Lipinski definition) is 0. The van der Waals surface area contributed by atoms with Gasteiger partial charge < -0.3 is 9.13 Å². The lowest BCUT2D eigenvalue weighted by molar-refractivity contribution is 1.02. The maximum atomic E-state index is 2.52. The van der Waals surface area contributed by atoms with Crippen LogP contribution < -0.4 is 0 Å². The van der Waals surface area contributed by atoms with Gasteiger partial charge in [0.2, 0.25) is 0 Å². The van der Waals surface area contributed by atoms with Crippen molar-refractivity contribution in [3.05, 3.63) is 164 Å². The summed E-state index contributed by atoms with van der Waals surface area (Å²) in [6, 6.07) is 53.7. The van der Waals surface area contributed by atoms with Crippen molar-refractivity contribution in [2.24, 2.45) is 0 Å². The summed E-state index contributed by atoms with van der Waals surface area (Å²) in [5.41, 5.74) is 7.44. The van der Waals surface area contributed by atoms with Crippen LogP contribution in [0.1, 0.15) is 12.8 Å². The zero-order valence-electron chi connectivity index (χ0n) is 24.8. The molecule has 1 aliphatic rings. The molecule has 0 N–H and O–H groups in total. The Hall–Kier alpha value is -5.25. The Morgan fingerprint density at radius 3 is 1.62 bits per heavy atom. The lowest BCUT2D eigenvalue weighted by Gasteiger charge is -2.24. The molecule has 0 saturated heterocycles. The summed E-state index contributed by atoms with van der Waals surface area (Å²) < 4.78 is 5.02. The summed E-state index contributed by atoms with van der Waals surface area (Å²) in [5, 5.41) is 5.13. The third-order valence-electron chi connectivity index (χ3n) is 9.08. The minimum Gasteiger partial charge on any atom is -0.308 e. The molecule has 0 fully saturated rings. The summed E-state index contributed by atoms with van der Waals surface area (Å²) in [5.74, 6) is 0. The molecule has 0 bridgehead atoms. The third-order valence-corrected chi connectivity index (χ3v) is 11.5. The van der Waals surface area contributed by atoms with E-state index in [1.54, 1.807) is 0 Å². The number of allylic oxidation sites excluding steroid dienone is 4. The van der Waals surface area contributed by atoms with Gasteiger partial charge >= 0.3 is 0 Å². The number of fused-ring (bicyclic) bond motifs is 7. The Morgan fingerprint density at radius 2 is 1.00 bits per heavy atom. The highest BCUT2D eigenvalue weighted by Gasteiger charge is 2.22. The summed E-state index contributed by atoms with van der Waals surface area (Å²) in [6.45, 7) is 0. The maximum Gasteiger partial charge on any atom is 0.0788 e. The second-order valence-electron chi connectivity index (χ2n) is 11.7. The standard InChI is InChI=1S/C42H32N2S/c1-4-15-30(16-5-1)43-39-25-12-10-23-35(39)37-27-28-38-36-24-11-13-26-40(36)44(42(38)41(37)43)31-17-14-22-34(29-31)45(32-18-6-2-7-19-32)33-20-8-3-9-21-33/h2-4,6-29,45H,1,5H2. The lowest BCUT2D eigenvalue weighted by atomic mass is 10.1. The number of thiol groups is 1. The van der Waals surface area contributed by atoms with Crippen LogP contribution in [0.4, 0.5) is 0 Å². The van der Waals surface area contributed by atoms with Crippen LogP contribution in [0.5, 0.6) is 0 Å². The van der Waals surface area contributed by atoms with E-state index in [4.69, 9.17) is 0 Å². The Balaban J connectivity index is 1.38. The second kappa shape index (κ2) is 10.7. The van der Waals surface area contributed by atoms with Gasteiger partial charge in [-0.3, -0.25) is 0 Å². The highest BCUT2D eigenvalue weighted by atomic mass is 32.2. The second-order valence-corrected chi connectivity index (χ2v) is 13.9. The molecule has 0 spiro atoms. The van der Waals surface area contributed by atoms with Crippen LogP contribution in [0.2, 0.25) is 0 Å². The summed E-state index contributed by atoms with van der Waals surface area (Å²) in [4.78, 5) is 4.06. The van der Waals surface area contributed by atoms with E-state index in [2.05, 4.69) is 173 Å². The molecule has 1 aliphatic carbocycles. The first-order chi connectivity index (χ1) is 22.4. The van der Waals surface area contributed by atoms with E-state index in [-0.39, 0.29) is 0 Å². The van der Waals surface area contributed by atoms with E-state index in [0.717, 1.165) is 12.8 Å². The number of hydrogen-bond donors (Lipinski definition) is 1. The van der Waals surface area contributed by atoms with Gasteiger partial charge in [-0.05, 0) is 88.2 Å². The molecule has 6 aromatic carbocycles. The zero-order valence-corrected chi connectivity index (χ0v) is 25.7. The first-order valence-corrected chi connectivity index (χ1v) is 17.0. The third kappa shape index (κ3) is 4.19. The molecule has 0 amide bonds. The van der Waals surface area contributed by atoms with E-state index in [9.17, 15) is 0 Å². The molecule has 0 aliphatic heterocycles. The molecule has 2 aromatic heterocycles. The smallest absolute Gasteiger partial charge is 0.0788 e. The van der Waals surface area contributed by atoms with Crippen LogP contribution in [-0.2, 0) is 0 Å². The fourth-order valence-corrected chi connectivity index (χ4v) is 9.51. The molecule has 2 heterocycles. The lowest BCUT2D eigenvalue weighted by Crippen LogP contribution is -2.00. The van der Waals surface area contributed by atoms with E-state index >= 15 is 0 Å². The molecule has 0 saturated carbocycles. The number of benzene rings is 6.